The standard InChI is InChI=1S/C27H27N3O3S/c31-26(29-21-6-3-5-19(13-21)17-33-16-18-10-11-18)24(30-27(32)25-9-4-12-34-25)14-20-15-28-23-8-2-1-7-22(20)23/h1-9,12-13,15,18,24,28H,10-11,14,16-17H2,(H,29,31)(H,30,32). The van der Waals surface area contributed by atoms with Crippen LogP contribution in [0.3, 0.4) is 0 Å². The first-order valence-electron chi connectivity index (χ1n) is 11.5. The number of ether oxygens (including phenoxy) is 1. The van der Waals surface area contributed by atoms with E-state index in [-0.39, 0.29) is 11.8 Å². The van der Waals surface area contributed by atoms with Gasteiger partial charge in [-0.15, -0.1) is 11.3 Å². The summed E-state index contributed by atoms with van der Waals surface area (Å²) in [7, 11) is 0. The van der Waals surface area contributed by atoms with Crippen molar-refractivity contribution in [3.05, 3.63) is 88.2 Å². The normalized spacial score (nSPS) is 14.1. The topological polar surface area (TPSA) is 83.2 Å². The molecule has 6 nitrogen and oxygen atoms in total. The third-order valence-corrected chi connectivity index (χ3v) is 6.85. The minimum Gasteiger partial charge on any atom is -0.376 e. The Hall–Kier alpha value is -3.42. The number of para-hydroxylation sites is 1. The molecule has 2 amide bonds. The van der Waals surface area contributed by atoms with E-state index in [1.165, 1.54) is 24.2 Å². The molecule has 0 radical (unpaired) electrons. The van der Waals surface area contributed by atoms with Gasteiger partial charge in [0, 0.05) is 35.8 Å². The molecule has 2 aromatic heterocycles. The lowest BCUT2D eigenvalue weighted by molar-refractivity contribution is -0.118. The van der Waals surface area contributed by atoms with Gasteiger partial charge in [-0.25, -0.2) is 0 Å². The van der Waals surface area contributed by atoms with E-state index in [4.69, 9.17) is 4.74 Å². The molecular weight excluding hydrogens is 446 g/mol. The van der Waals surface area contributed by atoms with E-state index in [1.54, 1.807) is 6.07 Å². The summed E-state index contributed by atoms with van der Waals surface area (Å²) in [6.45, 7) is 1.31. The SMILES string of the molecule is O=C(NC(Cc1c[nH]c2ccccc12)C(=O)Nc1cccc(COCC2CC2)c1)c1cccs1. The predicted molar refractivity (Wildman–Crippen MR) is 135 cm³/mol. The second-order valence-corrected chi connectivity index (χ2v) is 9.66. The number of hydrogen-bond acceptors (Lipinski definition) is 4. The van der Waals surface area contributed by atoms with Crippen molar-refractivity contribution in [3.8, 4) is 0 Å². The Morgan fingerprint density at radius 3 is 2.79 bits per heavy atom. The summed E-state index contributed by atoms with van der Waals surface area (Å²) in [6.07, 6.45) is 4.79. The third-order valence-electron chi connectivity index (χ3n) is 5.98. The predicted octanol–water partition coefficient (Wildman–Crippen LogP) is 5.14. The van der Waals surface area contributed by atoms with Gasteiger partial charge in [-0.05, 0) is 59.5 Å². The Bertz CT molecular complexity index is 1280. The molecule has 3 N–H and O–H groups in total. The van der Waals surface area contributed by atoms with E-state index in [0.29, 0.717) is 29.5 Å². The van der Waals surface area contributed by atoms with Crippen LogP contribution in [-0.4, -0.2) is 29.4 Å². The number of fused-ring (bicyclic) bond motifs is 1. The number of benzene rings is 2. The molecule has 0 bridgehead atoms. The number of carbonyl (C=O) groups excluding carboxylic acids is 2. The Morgan fingerprint density at radius 2 is 1.97 bits per heavy atom. The average Bonchev–Trinajstić information content (AvgIpc) is 3.33. The fraction of sp³-hybridized carbons (Fsp3) is 0.259. The zero-order valence-corrected chi connectivity index (χ0v) is 19.6. The molecule has 7 heteroatoms. The number of amides is 2. The minimum absolute atomic E-state index is 0.253. The van der Waals surface area contributed by atoms with Gasteiger partial charge in [0.2, 0.25) is 5.91 Å². The van der Waals surface area contributed by atoms with Crippen molar-refractivity contribution in [2.45, 2.75) is 31.9 Å². The van der Waals surface area contributed by atoms with Gasteiger partial charge in [-0.1, -0.05) is 36.4 Å². The largest absolute Gasteiger partial charge is 0.376 e. The molecule has 2 aromatic carbocycles. The van der Waals surface area contributed by atoms with Gasteiger partial charge in [0.1, 0.15) is 6.04 Å². The molecule has 0 spiro atoms. The molecule has 0 saturated heterocycles. The highest BCUT2D eigenvalue weighted by Gasteiger charge is 2.24. The molecule has 0 aliphatic heterocycles. The first-order chi connectivity index (χ1) is 16.7. The number of aromatic nitrogens is 1. The molecule has 1 aliphatic carbocycles. The first-order valence-corrected chi connectivity index (χ1v) is 12.4. The average molecular weight is 474 g/mol. The van der Waals surface area contributed by atoms with Crippen LogP contribution >= 0.6 is 11.3 Å². The fourth-order valence-corrected chi connectivity index (χ4v) is 4.59. The van der Waals surface area contributed by atoms with Crippen molar-refractivity contribution in [1.29, 1.82) is 0 Å². The summed E-state index contributed by atoms with van der Waals surface area (Å²) in [5, 5.41) is 8.81. The second-order valence-electron chi connectivity index (χ2n) is 8.72. The summed E-state index contributed by atoms with van der Waals surface area (Å²) < 4.78 is 5.78. The van der Waals surface area contributed by atoms with E-state index < -0.39 is 6.04 Å². The van der Waals surface area contributed by atoms with Crippen LogP contribution in [0.25, 0.3) is 10.9 Å². The maximum atomic E-state index is 13.3. The molecular formula is C27H27N3O3S. The number of H-pyrrole nitrogens is 1. The highest BCUT2D eigenvalue weighted by molar-refractivity contribution is 7.12. The second kappa shape index (κ2) is 10.2. The fourth-order valence-electron chi connectivity index (χ4n) is 3.96. The van der Waals surface area contributed by atoms with E-state index in [1.807, 2.05) is 66.2 Å². The Labute approximate surface area is 202 Å². The number of thiophene rings is 1. The number of rotatable bonds is 10. The lowest BCUT2D eigenvalue weighted by atomic mass is 10.0. The maximum absolute atomic E-state index is 13.3. The molecule has 4 aromatic rings. The zero-order chi connectivity index (χ0) is 23.3. The third kappa shape index (κ3) is 5.55. The zero-order valence-electron chi connectivity index (χ0n) is 18.8. The van der Waals surface area contributed by atoms with Crippen molar-refractivity contribution >= 4 is 39.7 Å². The van der Waals surface area contributed by atoms with Crippen LogP contribution in [0.2, 0.25) is 0 Å². The molecule has 1 aliphatic rings. The summed E-state index contributed by atoms with van der Waals surface area (Å²) in [6, 6.07) is 18.5. The van der Waals surface area contributed by atoms with Crippen LogP contribution < -0.4 is 10.6 Å². The van der Waals surface area contributed by atoms with E-state index in [2.05, 4.69) is 15.6 Å². The summed E-state index contributed by atoms with van der Waals surface area (Å²) in [5.74, 6) is 0.198. The van der Waals surface area contributed by atoms with Crippen molar-refractivity contribution in [3.63, 3.8) is 0 Å². The highest BCUT2D eigenvalue weighted by Crippen LogP contribution is 2.29. The van der Waals surface area contributed by atoms with Crippen LogP contribution in [0.4, 0.5) is 5.69 Å². The molecule has 1 fully saturated rings. The number of hydrogen-bond donors (Lipinski definition) is 3. The van der Waals surface area contributed by atoms with Crippen molar-refractivity contribution in [1.82, 2.24) is 10.3 Å². The van der Waals surface area contributed by atoms with Gasteiger partial charge in [-0.2, -0.15) is 0 Å². The van der Waals surface area contributed by atoms with E-state index in [0.717, 1.165) is 28.6 Å². The van der Waals surface area contributed by atoms with Gasteiger partial charge >= 0.3 is 0 Å². The van der Waals surface area contributed by atoms with Crippen molar-refractivity contribution in [2.75, 3.05) is 11.9 Å². The molecule has 1 unspecified atom stereocenters. The number of aromatic amines is 1. The Kier molecular flexibility index (Phi) is 6.74. The van der Waals surface area contributed by atoms with Gasteiger partial charge in [-0.3, -0.25) is 9.59 Å². The van der Waals surface area contributed by atoms with Crippen LogP contribution in [0, 0.1) is 5.92 Å². The lowest BCUT2D eigenvalue weighted by Crippen LogP contribution is -2.45. The van der Waals surface area contributed by atoms with Crippen molar-refractivity contribution < 1.29 is 14.3 Å². The van der Waals surface area contributed by atoms with Crippen LogP contribution in [0.1, 0.15) is 33.6 Å². The van der Waals surface area contributed by atoms with E-state index >= 15 is 0 Å². The van der Waals surface area contributed by atoms with E-state index in [9.17, 15) is 9.59 Å². The smallest absolute Gasteiger partial charge is 0.262 e. The number of anilines is 1. The van der Waals surface area contributed by atoms with Crippen LogP contribution in [0.15, 0.2) is 72.2 Å². The maximum Gasteiger partial charge on any atom is 0.262 e. The summed E-state index contributed by atoms with van der Waals surface area (Å²) in [5.41, 5.74) is 3.67. The Morgan fingerprint density at radius 1 is 1.09 bits per heavy atom. The number of carbonyl (C=O) groups is 2. The van der Waals surface area contributed by atoms with Gasteiger partial charge in [0.15, 0.2) is 0 Å². The molecule has 2 heterocycles. The first kappa shape index (κ1) is 22.4. The molecule has 34 heavy (non-hydrogen) atoms. The van der Waals surface area contributed by atoms with Crippen LogP contribution in [0.5, 0.6) is 0 Å². The molecule has 174 valence electrons. The van der Waals surface area contributed by atoms with Gasteiger partial charge < -0.3 is 20.4 Å². The minimum atomic E-state index is -0.733. The lowest BCUT2D eigenvalue weighted by Gasteiger charge is -2.18. The quantitative estimate of drug-likeness (QED) is 0.298. The van der Waals surface area contributed by atoms with Crippen molar-refractivity contribution in [2.24, 2.45) is 5.92 Å². The molecule has 1 atom stereocenters. The molecule has 5 rings (SSSR count). The summed E-state index contributed by atoms with van der Waals surface area (Å²) >= 11 is 1.35. The number of nitrogens with one attached hydrogen (secondary N) is 3. The summed E-state index contributed by atoms with van der Waals surface area (Å²) in [4.78, 5) is 30.0. The highest BCUT2D eigenvalue weighted by atomic mass is 32.1. The van der Waals surface area contributed by atoms with Crippen LogP contribution in [-0.2, 0) is 22.6 Å². The monoisotopic (exact) mass is 473 g/mol. The molecule has 1 saturated carbocycles. The Balaban J connectivity index is 1.31. The van der Waals surface area contributed by atoms with Gasteiger partial charge in [0.05, 0.1) is 11.5 Å². The van der Waals surface area contributed by atoms with Gasteiger partial charge in [0.25, 0.3) is 5.91 Å².